The molecule has 55 heavy (non-hydrogen) atoms. The summed E-state index contributed by atoms with van der Waals surface area (Å²) in [6.45, 7) is 9.45. The van der Waals surface area contributed by atoms with Gasteiger partial charge in [-0.2, -0.15) is 0 Å². The van der Waals surface area contributed by atoms with E-state index in [9.17, 15) is 0 Å². The Hall–Kier alpha value is -6.44. The fourth-order valence-electron chi connectivity index (χ4n) is 9.48. The molecule has 0 spiro atoms. The third-order valence-electron chi connectivity index (χ3n) is 12.3. The molecule has 0 heterocycles. The molecule has 1 heteroatoms. The minimum atomic E-state index is -0.118. The van der Waals surface area contributed by atoms with E-state index in [2.05, 4.69) is 221 Å². The largest absolute Gasteiger partial charge is 0.310 e. The number of nitrogens with zero attached hydrogens (tertiary/aromatic N) is 1. The molecule has 0 saturated carbocycles. The molecule has 8 aromatic carbocycles. The summed E-state index contributed by atoms with van der Waals surface area (Å²) >= 11 is 0. The van der Waals surface area contributed by atoms with Crippen molar-refractivity contribution in [3.8, 4) is 55.6 Å². The predicted molar refractivity (Wildman–Crippen MR) is 233 cm³/mol. The number of benzene rings is 8. The number of fused-ring (bicyclic) bond motifs is 6. The fraction of sp³-hybridized carbons (Fsp3) is 0.111. The van der Waals surface area contributed by atoms with E-state index in [0.717, 1.165) is 17.1 Å². The van der Waals surface area contributed by atoms with Gasteiger partial charge in [-0.25, -0.2) is 0 Å². The van der Waals surface area contributed by atoms with Gasteiger partial charge in [0.1, 0.15) is 0 Å². The van der Waals surface area contributed by atoms with Gasteiger partial charge in [-0.3, -0.25) is 0 Å². The van der Waals surface area contributed by atoms with E-state index in [1.807, 2.05) is 0 Å². The Bertz CT molecular complexity index is 2750. The van der Waals surface area contributed by atoms with Gasteiger partial charge in [0.25, 0.3) is 0 Å². The second kappa shape index (κ2) is 12.6. The van der Waals surface area contributed by atoms with Crippen LogP contribution in [-0.2, 0) is 10.8 Å². The molecule has 2 aliphatic rings. The van der Waals surface area contributed by atoms with Crippen molar-refractivity contribution in [1.82, 2.24) is 0 Å². The van der Waals surface area contributed by atoms with Gasteiger partial charge in [-0.1, -0.05) is 173 Å². The van der Waals surface area contributed by atoms with Crippen LogP contribution in [-0.4, -0.2) is 0 Å². The van der Waals surface area contributed by atoms with Crippen molar-refractivity contribution in [3.05, 3.63) is 210 Å². The molecule has 0 bridgehead atoms. The molecule has 10 rings (SSSR count). The van der Waals surface area contributed by atoms with Crippen LogP contribution in [0.3, 0.4) is 0 Å². The smallest absolute Gasteiger partial charge is 0.0546 e. The standard InChI is InChI=1S/C54H43N/c1-53(2)48-27-14-12-24-44(48)46-34-39(29-32-49(46)53)52-42(38-20-15-19-37(33-38)36-17-7-5-8-18-36)25-16-28-51(52)55(40-21-9-6-10-22-40)41-30-31-45-43-23-11-13-26-47(43)54(3,4)50(45)35-41/h5-35H,1-4H3. The molecule has 0 saturated heterocycles. The van der Waals surface area contributed by atoms with E-state index < -0.39 is 0 Å². The van der Waals surface area contributed by atoms with E-state index >= 15 is 0 Å². The second-order valence-electron chi connectivity index (χ2n) is 16.1. The topological polar surface area (TPSA) is 3.24 Å². The van der Waals surface area contributed by atoms with Gasteiger partial charge < -0.3 is 4.90 Å². The highest BCUT2D eigenvalue weighted by molar-refractivity contribution is 5.99. The number of anilines is 3. The molecule has 8 aromatic rings. The summed E-state index contributed by atoms with van der Waals surface area (Å²) in [5, 5.41) is 0. The van der Waals surface area contributed by atoms with Crippen molar-refractivity contribution in [2.45, 2.75) is 38.5 Å². The maximum absolute atomic E-state index is 2.48. The van der Waals surface area contributed by atoms with Gasteiger partial charge in [0.15, 0.2) is 0 Å². The lowest BCUT2D eigenvalue weighted by Crippen LogP contribution is -2.17. The summed E-state index contributed by atoms with van der Waals surface area (Å²) in [5.41, 5.74) is 21.3. The van der Waals surface area contributed by atoms with Crippen LogP contribution in [0.25, 0.3) is 55.6 Å². The zero-order chi connectivity index (χ0) is 37.3. The molecule has 0 unspecified atom stereocenters. The Morgan fingerprint density at radius 2 is 0.855 bits per heavy atom. The lowest BCUT2D eigenvalue weighted by molar-refractivity contribution is 0.660. The molecular formula is C54H43N. The van der Waals surface area contributed by atoms with Crippen LogP contribution in [0.4, 0.5) is 17.1 Å². The van der Waals surface area contributed by atoms with Crippen molar-refractivity contribution in [1.29, 1.82) is 0 Å². The summed E-state index contributed by atoms with van der Waals surface area (Å²) < 4.78 is 0. The molecule has 0 aliphatic heterocycles. The van der Waals surface area contributed by atoms with Crippen molar-refractivity contribution < 1.29 is 0 Å². The maximum atomic E-state index is 2.48. The van der Waals surface area contributed by atoms with Gasteiger partial charge in [-0.05, 0) is 115 Å². The van der Waals surface area contributed by atoms with Crippen LogP contribution in [0.15, 0.2) is 188 Å². The van der Waals surface area contributed by atoms with E-state index in [4.69, 9.17) is 0 Å². The van der Waals surface area contributed by atoms with E-state index in [1.165, 1.54) is 77.9 Å². The third-order valence-corrected chi connectivity index (χ3v) is 12.3. The Balaban J connectivity index is 1.24. The zero-order valence-corrected chi connectivity index (χ0v) is 31.8. The Morgan fingerprint density at radius 1 is 0.309 bits per heavy atom. The minimum absolute atomic E-state index is 0.0678. The zero-order valence-electron chi connectivity index (χ0n) is 31.8. The van der Waals surface area contributed by atoms with Crippen LogP contribution < -0.4 is 4.90 Å². The van der Waals surface area contributed by atoms with Gasteiger partial charge in [-0.15, -0.1) is 0 Å². The summed E-state index contributed by atoms with van der Waals surface area (Å²) in [7, 11) is 0. The molecule has 0 amide bonds. The normalized spacial score (nSPS) is 14.1. The molecule has 0 N–H and O–H groups in total. The van der Waals surface area contributed by atoms with Gasteiger partial charge in [0.2, 0.25) is 0 Å². The number of hydrogen-bond acceptors (Lipinski definition) is 1. The fourth-order valence-corrected chi connectivity index (χ4v) is 9.48. The van der Waals surface area contributed by atoms with Crippen molar-refractivity contribution in [2.75, 3.05) is 4.90 Å². The lowest BCUT2D eigenvalue weighted by Gasteiger charge is -2.31. The predicted octanol–water partition coefficient (Wildman–Crippen LogP) is 14.8. The SMILES string of the molecule is CC1(C)c2ccccc2-c2cc(-c3c(-c4cccc(-c5ccccc5)c4)cccc3N(c3ccccc3)c3ccc4c(c3)C(C)(C)c3ccccc3-4)ccc21. The lowest BCUT2D eigenvalue weighted by atomic mass is 9.81. The average Bonchev–Trinajstić information content (AvgIpc) is 3.60. The molecule has 2 aliphatic carbocycles. The second-order valence-corrected chi connectivity index (χ2v) is 16.1. The first-order valence-corrected chi connectivity index (χ1v) is 19.4. The summed E-state index contributed by atoms with van der Waals surface area (Å²) in [5.74, 6) is 0. The third kappa shape index (κ3) is 5.22. The van der Waals surface area contributed by atoms with Crippen LogP contribution >= 0.6 is 0 Å². The molecule has 0 fully saturated rings. The van der Waals surface area contributed by atoms with Crippen LogP contribution in [0.2, 0.25) is 0 Å². The minimum Gasteiger partial charge on any atom is -0.310 e. The van der Waals surface area contributed by atoms with Gasteiger partial charge in [0.05, 0.1) is 5.69 Å². The van der Waals surface area contributed by atoms with E-state index in [0.29, 0.717) is 0 Å². The summed E-state index contributed by atoms with van der Waals surface area (Å²) in [6.07, 6.45) is 0. The number of hydrogen-bond donors (Lipinski definition) is 0. The van der Waals surface area contributed by atoms with Crippen LogP contribution in [0.5, 0.6) is 0 Å². The molecule has 264 valence electrons. The molecule has 0 aromatic heterocycles. The first-order valence-electron chi connectivity index (χ1n) is 19.4. The highest BCUT2D eigenvalue weighted by Crippen LogP contribution is 2.54. The number of rotatable bonds is 6. The Labute approximate surface area is 325 Å². The van der Waals surface area contributed by atoms with Crippen molar-refractivity contribution in [2.24, 2.45) is 0 Å². The quantitative estimate of drug-likeness (QED) is 0.166. The molecule has 0 atom stereocenters. The molecule has 1 nitrogen and oxygen atoms in total. The van der Waals surface area contributed by atoms with Crippen LogP contribution in [0.1, 0.15) is 49.9 Å². The van der Waals surface area contributed by atoms with Crippen LogP contribution in [0, 0.1) is 0 Å². The Morgan fingerprint density at radius 3 is 1.60 bits per heavy atom. The van der Waals surface area contributed by atoms with Gasteiger partial charge in [0, 0.05) is 27.8 Å². The highest BCUT2D eigenvalue weighted by Gasteiger charge is 2.37. The van der Waals surface area contributed by atoms with E-state index in [-0.39, 0.29) is 10.8 Å². The summed E-state index contributed by atoms with van der Waals surface area (Å²) in [6, 6.07) is 69.6. The average molecular weight is 706 g/mol. The maximum Gasteiger partial charge on any atom is 0.0546 e. The highest BCUT2D eigenvalue weighted by atomic mass is 15.1. The monoisotopic (exact) mass is 705 g/mol. The first kappa shape index (κ1) is 33.2. The molecule has 0 radical (unpaired) electrons. The molecular weight excluding hydrogens is 663 g/mol. The first-order chi connectivity index (χ1) is 26.8. The van der Waals surface area contributed by atoms with E-state index in [1.54, 1.807) is 0 Å². The van der Waals surface area contributed by atoms with Gasteiger partial charge >= 0.3 is 0 Å². The van der Waals surface area contributed by atoms with Crippen molar-refractivity contribution in [3.63, 3.8) is 0 Å². The van der Waals surface area contributed by atoms with Crippen molar-refractivity contribution >= 4 is 17.1 Å². The summed E-state index contributed by atoms with van der Waals surface area (Å²) in [4.78, 5) is 2.48. The Kier molecular flexibility index (Phi) is 7.58. The number of para-hydroxylation sites is 1.